The number of ketones is 1. The standard InChI is InChI=1S/C13H9BrO4S/c1-7-11-8-4-2-3-5-9(8)13(15)12(11)10(6-14)18-19(7,16)17/h2-5H,6H2,1H3. The first-order valence-corrected chi connectivity index (χ1v) is 8.09. The van der Waals surface area contributed by atoms with Crippen LogP contribution in [0, 0.1) is 0 Å². The van der Waals surface area contributed by atoms with Crippen molar-refractivity contribution in [2.75, 3.05) is 5.33 Å². The number of fused-ring (bicyclic) bond motifs is 3. The number of alkyl halides is 1. The van der Waals surface area contributed by atoms with Crippen molar-refractivity contribution in [1.29, 1.82) is 0 Å². The number of carbonyl (C=O) groups excluding carboxylic acids is 1. The molecule has 1 aliphatic carbocycles. The van der Waals surface area contributed by atoms with Gasteiger partial charge in [0.1, 0.15) is 5.76 Å². The van der Waals surface area contributed by atoms with Crippen molar-refractivity contribution in [1.82, 2.24) is 0 Å². The first-order chi connectivity index (χ1) is 8.97. The van der Waals surface area contributed by atoms with Gasteiger partial charge < -0.3 is 4.18 Å². The number of hydrogen-bond donors (Lipinski definition) is 0. The van der Waals surface area contributed by atoms with Crippen molar-refractivity contribution in [2.45, 2.75) is 6.92 Å². The molecule has 3 rings (SSSR count). The number of halogens is 1. The van der Waals surface area contributed by atoms with E-state index < -0.39 is 10.1 Å². The third-order valence-electron chi connectivity index (χ3n) is 3.26. The molecule has 1 aliphatic heterocycles. The minimum Gasteiger partial charge on any atom is -0.382 e. The molecule has 0 bridgehead atoms. The summed E-state index contributed by atoms with van der Waals surface area (Å²) in [5.74, 6) is -0.0314. The summed E-state index contributed by atoms with van der Waals surface area (Å²) < 4.78 is 28.9. The van der Waals surface area contributed by atoms with E-state index in [1.54, 1.807) is 24.3 Å². The van der Waals surface area contributed by atoms with E-state index in [-0.39, 0.29) is 21.8 Å². The van der Waals surface area contributed by atoms with Crippen LogP contribution in [0.4, 0.5) is 0 Å². The van der Waals surface area contributed by atoms with Gasteiger partial charge in [0.05, 0.1) is 15.8 Å². The third-order valence-corrected chi connectivity index (χ3v) is 5.14. The summed E-state index contributed by atoms with van der Waals surface area (Å²) in [6, 6.07) is 6.99. The normalized spacial score (nSPS) is 20.2. The lowest BCUT2D eigenvalue weighted by molar-refractivity contribution is 0.104. The van der Waals surface area contributed by atoms with Gasteiger partial charge in [0.2, 0.25) is 0 Å². The summed E-state index contributed by atoms with van der Waals surface area (Å²) in [4.78, 5) is 12.5. The maximum atomic E-state index is 12.4. The van der Waals surface area contributed by atoms with Crippen LogP contribution in [-0.4, -0.2) is 19.5 Å². The fourth-order valence-electron chi connectivity index (χ4n) is 2.36. The van der Waals surface area contributed by atoms with E-state index in [4.69, 9.17) is 4.18 Å². The van der Waals surface area contributed by atoms with Gasteiger partial charge in [-0.05, 0) is 12.5 Å². The van der Waals surface area contributed by atoms with Crippen LogP contribution in [0.15, 0.2) is 40.5 Å². The van der Waals surface area contributed by atoms with Crippen molar-refractivity contribution < 1.29 is 17.4 Å². The van der Waals surface area contributed by atoms with Crippen LogP contribution in [0.2, 0.25) is 0 Å². The molecule has 98 valence electrons. The molecule has 1 aromatic rings. The third kappa shape index (κ3) is 1.63. The van der Waals surface area contributed by atoms with Crippen LogP contribution < -0.4 is 0 Å². The number of Topliss-reactive ketones (excluding diaryl/α,β-unsaturated/α-hetero) is 1. The Morgan fingerprint density at radius 2 is 1.79 bits per heavy atom. The predicted molar refractivity (Wildman–Crippen MR) is 74.2 cm³/mol. The molecule has 0 unspecified atom stereocenters. The molecule has 0 amide bonds. The van der Waals surface area contributed by atoms with E-state index in [0.29, 0.717) is 22.3 Å². The highest BCUT2D eigenvalue weighted by Crippen LogP contribution is 2.45. The number of benzene rings is 1. The molecule has 0 saturated carbocycles. The lowest BCUT2D eigenvalue weighted by atomic mass is 10.0. The Balaban J connectivity index is 2.44. The molecule has 0 fully saturated rings. The summed E-state index contributed by atoms with van der Waals surface area (Å²) in [5.41, 5.74) is 2.00. The van der Waals surface area contributed by atoms with Gasteiger partial charge in [0.15, 0.2) is 5.78 Å². The molecule has 0 N–H and O–H groups in total. The van der Waals surface area contributed by atoms with E-state index in [1.165, 1.54) is 6.92 Å². The zero-order valence-corrected chi connectivity index (χ0v) is 12.3. The van der Waals surface area contributed by atoms with E-state index in [9.17, 15) is 13.2 Å². The average molecular weight is 341 g/mol. The zero-order chi connectivity index (χ0) is 13.8. The second-order valence-corrected chi connectivity index (χ2v) is 6.52. The van der Waals surface area contributed by atoms with E-state index in [1.807, 2.05) is 0 Å². The molecule has 0 atom stereocenters. The Hall–Kier alpha value is -1.40. The Morgan fingerprint density at radius 1 is 1.16 bits per heavy atom. The Morgan fingerprint density at radius 3 is 2.42 bits per heavy atom. The molecule has 0 aromatic heterocycles. The van der Waals surface area contributed by atoms with Gasteiger partial charge in [-0.15, -0.1) is 0 Å². The molecule has 2 aliphatic rings. The SMILES string of the molecule is CC1=C2C(=C(CBr)OS1(=O)=O)C(=O)c1ccccc12. The minimum absolute atomic E-state index is 0.0884. The Bertz CT molecular complexity index is 772. The van der Waals surface area contributed by atoms with Gasteiger partial charge in [-0.25, -0.2) is 0 Å². The second kappa shape index (κ2) is 4.05. The summed E-state index contributed by atoms with van der Waals surface area (Å²) >= 11 is 3.17. The van der Waals surface area contributed by atoms with Gasteiger partial charge in [0.25, 0.3) is 0 Å². The van der Waals surface area contributed by atoms with Gasteiger partial charge in [-0.3, -0.25) is 4.79 Å². The summed E-state index contributed by atoms with van der Waals surface area (Å²) in [6.07, 6.45) is 0. The number of rotatable bonds is 1. The Labute approximate surface area is 119 Å². The second-order valence-electron chi connectivity index (χ2n) is 4.28. The van der Waals surface area contributed by atoms with Crippen LogP contribution in [0.3, 0.4) is 0 Å². The molecule has 6 heteroatoms. The van der Waals surface area contributed by atoms with Crippen molar-refractivity contribution >= 4 is 37.4 Å². The highest BCUT2D eigenvalue weighted by molar-refractivity contribution is 9.09. The molecule has 0 radical (unpaired) electrons. The quantitative estimate of drug-likeness (QED) is 0.582. The highest BCUT2D eigenvalue weighted by atomic mass is 79.9. The van der Waals surface area contributed by atoms with Gasteiger partial charge in [0, 0.05) is 11.1 Å². The first-order valence-electron chi connectivity index (χ1n) is 5.56. The van der Waals surface area contributed by atoms with Crippen LogP contribution in [-0.2, 0) is 14.3 Å². The summed E-state index contributed by atoms with van der Waals surface area (Å²) in [5, 5.41) is 0.179. The lowest BCUT2D eigenvalue weighted by Crippen LogP contribution is -2.17. The lowest BCUT2D eigenvalue weighted by Gasteiger charge is -2.19. The molecule has 4 nitrogen and oxygen atoms in total. The molecule has 0 spiro atoms. The van der Waals surface area contributed by atoms with Crippen molar-refractivity contribution in [3.8, 4) is 0 Å². The Kier molecular flexibility index (Phi) is 2.69. The van der Waals surface area contributed by atoms with Crippen molar-refractivity contribution in [2.24, 2.45) is 0 Å². The fourth-order valence-corrected chi connectivity index (χ4v) is 3.90. The molecule has 1 aromatic carbocycles. The molecule has 19 heavy (non-hydrogen) atoms. The van der Waals surface area contributed by atoms with Crippen LogP contribution in [0.25, 0.3) is 5.57 Å². The number of hydrogen-bond acceptors (Lipinski definition) is 4. The average Bonchev–Trinajstić information content (AvgIpc) is 2.69. The van der Waals surface area contributed by atoms with E-state index in [2.05, 4.69) is 15.9 Å². The van der Waals surface area contributed by atoms with Gasteiger partial charge in [-0.1, -0.05) is 40.2 Å². The van der Waals surface area contributed by atoms with Crippen molar-refractivity contribution in [3.05, 3.63) is 51.6 Å². The summed E-state index contributed by atoms with van der Waals surface area (Å²) in [6.45, 7) is 1.46. The topological polar surface area (TPSA) is 60.4 Å². The fraction of sp³-hybridized carbons (Fsp3) is 0.154. The van der Waals surface area contributed by atoms with Crippen LogP contribution in [0.5, 0.6) is 0 Å². The van der Waals surface area contributed by atoms with E-state index >= 15 is 0 Å². The first kappa shape index (κ1) is 12.6. The molecule has 0 saturated heterocycles. The summed E-state index contributed by atoms with van der Waals surface area (Å²) in [7, 11) is -3.80. The maximum Gasteiger partial charge on any atom is 0.335 e. The zero-order valence-electron chi connectivity index (χ0n) is 9.94. The molecular formula is C13H9BrO4S. The number of carbonyl (C=O) groups is 1. The minimum atomic E-state index is -3.80. The molecular weight excluding hydrogens is 332 g/mol. The predicted octanol–water partition coefficient (Wildman–Crippen LogP) is 2.62. The van der Waals surface area contributed by atoms with Gasteiger partial charge >= 0.3 is 10.1 Å². The number of allylic oxidation sites excluding steroid dienone is 4. The smallest absolute Gasteiger partial charge is 0.335 e. The molecule has 1 heterocycles. The van der Waals surface area contributed by atoms with E-state index in [0.717, 1.165) is 0 Å². The van der Waals surface area contributed by atoms with Gasteiger partial charge in [-0.2, -0.15) is 8.42 Å². The van der Waals surface area contributed by atoms with Crippen LogP contribution >= 0.6 is 15.9 Å². The van der Waals surface area contributed by atoms with Crippen molar-refractivity contribution in [3.63, 3.8) is 0 Å². The monoisotopic (exact) mass is 340 g/mol. The highest BCUT2D eigenvalue weighted by Gasteiger charge is 2.41. The largest absolute Gasteiger partial charge is 0.382 e. The maximum absolute atomic E-state index is 12.4. The van der Waals surface area contributed by atoms with Crippen LogP contribution in [0.1, 0.15) is 22.8 Å².